The molecule has 0 fully saturated rings. The number of nitrogens with one attached hydrogen (secondary N) is 1. The Balaban J connectivity index is 1.94. The molecule has 112 valence electrons. The smallest absolute Gasteiger partial charge is 0.211 e. The summed E-state index contributed by atoms with van der Waals surface area (Å²) in [6, 6.07) is 14.5. The first-order valence-corrected chi connectivity index (χ1v) is 8.72. The van der Waals surface area contributed by atoms with Crippen molar-refractivity contribution >= 4 is 33.2 Å². The first kappa shape index (κ1) is 16.3. The fourth-order valence-electron chi connectivity index (χ4n) is 1.91. The molecule has 0 atom stereocenters. The summed E-state index contributed by atoms with van der Waals surface area (Å²) < 4.78 is 26.9. The van der Waals surface area contributed by atoms with E-state index in [-0.39, 0.29) is 14.9 Å². The Hall–Kier alpha value is -1.07. The molecule has 0 unspecified atom stereocenters. The minimum Gasteiger partial charge on any atom is -0.211 e. The quantitative estimate of drug-likeness (QED) is 0.808. The second-order valence-corrected chi connectivity index (χ2v) is 7.06. The number of hydrogen-bond acceptors (Lipinski definition) is 2. The first-order chi connectivity index (χ1) is 10.0. The fraction of sp³-hybridized carbons (Fsp3) is 0.200. The summed E-state index contributed by atoms with van der Waals surface area (Å²) in [6.07, 6.45) is 1.52. The van der Waals surface area contributed by atoms with Crippen molar-refractivity contribution in [1.29, 1.82) is 0 Å². The number of hydrogen-bond donors (Lipinski definition) is 1. The molecule has 3 nitrogen and oxygen atoms in total. The zero-order chi connectivity index (χ0) is 15.3. The van der Waals surface area contributed by atoms with Gasteiger partial charge >= 0.3 is 0 Å². The van der Waals surface area contributed by atoms with E-state index >= 15 is 0 Å². The Morgan fingerprint density at radius 2 is 1.67 bits per heavy atom. The molecule has 0 bridgehead atoms. The predicted octanol–water partition coefficient (Wildman–Crippen LogP) is 3.90. The van der Waals surface area contributed by atoms with E-state index in [0.717, 1.165) is 6.42 Å². The van der Waals surface area contributed by atoms with E-state index < -0.39 is 10.0 Å². The highest BCUT2D eigenvalue weighted by Crippen LogP contribution is 2.28. The standard InChI is InChI=1S/C15H15Cl2NO2S/c16-13-9-4-10-14(15(13)17)21(19,20)18-11-5-8-12-6-2-1-3-7-12/h1-4,6-7,9-10,18H,5,8,11H2. The Kier molecular flexibility index (Phi) is 5.65. The van der Waals surface area contributed by atoms with Gasteiger partial charge in [0.15, 0.2) is 0 Å². The van der Waals surface area contributed by atoms with Crippen LogP contribution < -0.4 is 4.72 Å². The lowest BCUT2D eigenvalue weighted by molar-refractivity contribution is 0.579. The fourth-order valence-corrected chi connectivity index (χ4v) is 3.75. The van der Waals surface area contributed by atoms with Crippen LogP contribution >= 0.6 is 23.2 Å². The molecule has 0 saturated carbocycles. The van der Waals surface area contributed by atoms with Gasteiger partial charge in [-0.2, -0.15) is 0 Å². The summed E-state index contributed by atoms with van der Waals surface area (Å²) in [7, 11) is -3.63. The van der Waals surface area contributed by atoms with Gasteiger partial charge in [0, 0.05) is 6.54 Å². The number of aryl methyl sites for hydroxylation is 1. The van der Waals surface area contributed by atoms with E-state index in [2.05, 4.69) is 4.72 Å². The highest BCUT2D eigenvalue weighted by Gasteiger charge is 2.18. The molecule has 0 heterocycles. The van der Waals surface area contributed by atoms with Gasteiger partial charge in [0.05, 0.1) is 10.0 Å². The Bertz CT molecular complexity index is 703. The molecule has 0 amide bonds. The molecule has 21 heavy (non-hydrogen) atoms. The Labute approximate surface area is 135 Å². The van der Waals surface area contributed by atoms with Crippen LogP contribution in [0.25, 0.3) is 0 Å². The van der Waals surface area contributed by atoms with Crippen molar-refractivity contribution in [2.45, 2.75) is 17.7 Å². The van der Waals surface area contributed by atoms with Crippen LogP contribution in [0.4, 0.5) is 0 Å². The lowest BCUT2D eigenvalue weighted by Gasteiger charge is -2.09. The van der Waals surface area contributed by atoms with Gasteiger partial charge in [0.1, 0.15) is 4.90 Å². The summed E-state index contributed by atoms with van der Waals surface area (Å²) in [6.45, 7) is 0.347. The zero-order valence-electron chi connectivity index (χ0n) is 11.2. The minimum absolute atomic E-state index is 0.0105. The van der Waals surface area contributed by atoms with Gasteiger partial charge in [0.25, 0.3) is 0 Å². The normalized spacial score (nSPS) is 11.5. The van der Waals surface area contributed by atoms with E-state index in [9.17, 15) is 8.42 Å². The molecule has 0 saturated heterocycles. The van der Waals surface area contributed by atoms with Crippen molar-refractivity contribution in [1.82, 2.24) is 4.72 Å². The summed E-state index contributed by atoms with van der Waals surface area (Å²) in [5, 5.41) is 0.276. The summed E-state index contributed by atoms with van der Waals surface area (Å²) >= 11 is 11.8. The lowest BCUT2D eigenvalue weighted by atomic mass is 10.1. The highest BCUT2D eigenvalue weighted by atomic mass is 35.5. The predicted molar refractivity (Wildman–Crippen MR) is 86.4 cm³/mol. The molecule has 6 heteroatoms. The third-order valence-corrected chi connectivity index (χ3v) is 5.42. The maximum Gasteiger partial charge on any atom is 0.242 e. The summed E-state index contributed by atoms with van der Waals surface area (Å²) in [5.41, 5.74) is 1.18. The average molecular weight is 344 g/mol. The van der Waals surface area contributed by atoms with Crippen molar-refractivity contribution in [3.8, 4) is 0 Å². The molecule has 0 aromatic heterocycles. The largest absolute Gasteiger partial charge is 0.242 e. The van der Waals surface area contributed by atoms with Crippen LogP contribution in [0, 0.1) is 0 Å². The number of benzene rings is 2. The van der Waals surface area contributed by atoms with Gasteiger partial charge in [0.2, 0.25) is 10.0 Å². The van der Waals surface area contributed by atoms with E-state index in [4.69, 9.17) is 23.2 Å². The van der Waals surface area contributed by atoms with Gasteiger partial charge in [-0.05, 0) is 30.5 Å². The summed E-state index contributed by atoms with van der Waals surface area (Å²) in [5.74, 6) is 0. The van der Waals surface area contributed by atoms with Crippen LogP contribution in [-0.2, 0) is 16.4 Å². The average Bonchev–Trinajstić information content (AvgIpc) is 2.47. The Morgan fingerprint density at radius 3 is 2.38 bits per heavy atom. The molecule has 0 aliphatic heterocycles. The van der Waals surface area contributed by atoms with Crippen LogP contribution in [0.5, 0.6) is 0 Å². The Morgan fingerprint density at radius 1 is 0.952 bits per heavy atom. The molecular formula is C15H15Cl2NO2S. The molecule has 2 aromatic carbocycles. The van der Waals surface area contributed by atoms with Crippen molar-refractivity contribution < 1.29 is 8.42 Å². The molecule has 2 aromatic rings. The van der Waals surface area contributed by atoms with Crippen molar-refractivity contribution in [2.24, 2.45) is 0 Å². The second kappa shape index (κ2) is 7.27. The topological polar surface area (TPSA) is 46.2 Å². The molecule has 0 spiro atoms. The molecule has 0 aliphatic rings. The van der Waals surface area contributed by atoms with Crippen LogP contribution in [-0.4, -0.2) is 15.0 Å². The minimum atomic E-state index is -3.63. The van der Waals surface area contributed by atoms with E-state index in [1.54, 1.807) is 12.1 Å². The third-order valence-electron chi connectivity index (χ3n) is 2.98. The van der Waals surface area contributed by atoms with Gasteiger partial charge in [-0.25, -0.2) is 13.1 Å². The van der Waals surface area contributed by atoms with Crippen LogP contribution in [0.2, 0.25) is 10.0 Å². The number of rotatable bonds is 6. The SMILES string of the molecule is O=S(=O)(NCCCc1ccccc1)c1cccc(Cl)c1Cl. The highest BCUT2D eigenvalue weighted by molar-refractivity contribution is 7.89. The lowest BCUT2D eigenvalue weighted by Crippen LogP contribution is -2.25. The van der Waals surface area contributed by atoms with Gasteiger partial charge in [-0.1, -0.05) is 59.6 Å². The van der Waals surface area contributed by atoms with E-state index in [0.29, 0.717) is 13.0 Å². The van der Waals surface area contributed by atoms with Crippen molar-refractivity contribution in [2.75, 3.05) is 6.54 Å². The molecule has 0 radical (unpaired) electrons. The summed E-state index contributed by atoms with van der Waals surface area (Å²) in [4.78, 5) is 0.0105. The maximum atomic E-state index is 12.2. The first-order valence-electron chi connectivity index (χ1n) is 6.48. The maximum absolute atomic E-state index is 12.2. The zero-order valence-corrected chi connectivity index (χ0v) is 13.5. The van der Waals surface area contributed by atoms with Gasteiger partial charge in [-0.3, -0.25) is 0 Å². The monoisotopic (exact) mass is 343 g/mol. The third kappa shape index (κ3) is 4.45. The van der Waals surface area contributed by atoms with Crippen molar-refractivity contribution in [3.63, 3.8) is 0 Å². The van der Waals surface area contributed by atoms with Crippen molar-refractivity contribution in [3.05, 3.63) is 64.1 Å². The molecule has 2 rings (SSSR count). The van der Waals surface area contributed by atoms with Gasteiger partial charge < -0.3 is 0 Å². The van der Waals surface area contributed by atoms with Crippen LogP contribution in [0.1, 0.15) is 12.0 Å². The van der Waals surface area contributed by atoms with Crippen LogP contribution in [0.3, 0.4) is 0 Å². The van der Waals surface area contributed by atoms with Crippen LogP contribution in [0.15, 0.2) is 53.4 Å². The second-order valence-electron chi connectivity index (χ2n) is 4.54. The van der Waals surface area contributed by atoms with Gasteiger partial charge in [-0.15, -0.1) is 0 Å². The number of sulfonamides is 1. The van der Waals surface area contributed by atoms with E-state index in [1.165, 1.54) is 11.6 Å². The molecule has 1 N–H and O–H groups in total. The molecular weight excluding hydrogens is 329 g/mol. The van der Waals surface area contributed by atoms with E-state index in [1.807, 2.05) is 30.3 Å². The molecule has 0 aliphatic carbocycles. The number of halogens is 2.